The molecular formula is C18H21N3O4S. The second-order valence-corrected chi connectivity index (χ2v) is 6.97. The highest BCUT2D eigenvalue weighted by atomic mass is 32.2. The van der Waals surface area contributed by atoms with Gasteiger partial charge in [-0.3, -0.25) is 4.57 Å². The monoisotopic (exact) mass is 375 g/mol. The molecule has 8 heteroatoms. The van der Waals surface area contributed by atoms with Crippen molar-refractivity contribution in [3.05, 3.63) is 50.2 Å². The third-order valence-electron chi connectivity index (χ3n) is 4.23. The van der Waals surface area contributed by atoms with E-state index in [-0.39, 0.29) is 11.4 Å². The summed E-state index contributed by atoms with van der Waals surface area (Å²) >= 11 is 1.39. The number of aryl methyl sites for hydroxylation is 1. The first-order chi connectivity index (χ1) is 12.5. The molecule has 7 nitrogen and oxygen atoms in total. The molecule has 0 unspecified atom stereocenters. The first kappa shape index (κ1) is 18.3. The van der Waals surface area contributed by atoms with E-state index in [1.807, 2.05) is 13.0 Å². The van der Waals surface area contributed by atoms with Crippen LogP contribution in [0.3, 0.4) is 0 Å². The molecule has 3 aromatic rings. The van der Waals surface area contributed by atoms with E-state index < -0.39 is 5.63 Å². The fourth-order valence-corrected chi connectivity index (χ4v) is 3.74. The SMILES string of the molecule is CCCCn1c(SCc2cc(=O)oc3cc(O)c(CC)cc23)n[nH]c1=O. The number of rotatable bonds is 7. The first-order valence-corrected chi connectivity index (χ1v) is 9.58. The number of aromatic amines is 1. The number of phenolic OH excluding ortho intramolecular Hbond substituents is 1. The standard InChI is InChI=1S/C18H21N3O4S/c1-3-5-6-21-17(24)19-20-18(21)26-10-12-8-16(23)25-15-9-14(22)11(4-2)7-13(12)15/h7-9,22H,3-6,10H2,1-2H3,(H,19,24). The normalized spacial score (nSPS) is 11.3. The largest absolute Gasteiger partial charge is 0.508 e. The Labute approximate surface area is 154 Å². The summed E-state index contributed by atoms with van der Waals surface area (Å²) < 4.78 is 6.83. The number of hydrogen-bond donors (Lipinski definition) is 2. The Morgan fingerprint density at radius 3 is 2.77 bits per heavy atom. The molecule has 0 aliphatic heterocycles. The maximum Gasteiger partial charge on any atom is 0.343 e. The number of aromatic hydroxyl groups is 1. The smallest absolute Gasteiger partial charge is 0.343 e. The lowest BCUT2D eigenvalue weighted by molar-refractivity contribution is 0.466. The van der Waals surface area contributed by atoms with Crippen LogP contribution < -0.4 is 11.3 Å². The number of nitrogens with zero attached hydrogens (tertiary/aromatic N) is 2. The molecule has 0 amide bonds. The Bertz CT molecular complexity index is 1040. The fraction of sp³-hybridized carbons (Fsp3) is 0.389. The van der Waals surface area contributed by atoms with Crippen molar-refractivity contribution in [1.29, 1.82) is 0 Å². The van der Waals surface area contributed by atoms with Gasteiger partial charge >= 0.3 is 11.3 Å². The molecule has 0 aliphatic carbocycles. The molecule has 0 radical (unpaired) electrons. The number of nitrogens with one attached hydrogen (secondary N) is 1. The number of hydrogen-bond acceptors (Lipinski definition) is 6. The molecule has 0 saturated heterocycles. The average molecular weight is 375 g/mol. The van der Waals surface area contributed by atoms with Gasteiger partial charge in [0.15, 0.2) is 5.16 Å². The number of fused-ring (bicyclic) bond motifs is 1. The van der Waals surface area contributed by atoms with E-state index in [4.69, 9.17) is 4.42 Å². The summed E-state index contributed by atoms with van der Waals surface area (Å²) in [6.45, 7) is 4.62. The van der Waals surface area contributed by atoms with Gasteiger partial charge in [-0.05, 0) is 30.0 Å². The van der Waals surface area contributed by atoms with E-state index in [0.717, 1.165) is 29.4 Å². The van der Waals surface area contributed by atoms with Gasteiger partial charge in [0.2, 0.25) is 0 Å². The van der Waals surface area contributed by atoms with Crippen molar-refractivity contribution in [3.8, 4) is 5.75 Å². The highest BCUT2D eigenvalue weighted by molar-refractivity contribution is 7.98. The third-order valence-corrected chi connectivity index (χ3v) is 5.25. The first-order valence-electron chi connectivity index (χ1n) is 8.60. The van der Waals surface area contributed by atoms with E-state index in [1.165, 1.54) is 23.9 Å². The van der Waals surface area contributed by atoms with Crippen molar-refractivity contribution in [1.82, 2.24) is 14.8 Å². The fourth-order valence-electron chi connectivity index (χ4n) is 2.78. The third kappa shape index (κ3) is 3.70. The lowest BCUT2D eigenvalue weighted by Gasteiger charge is -2.09. The lowest BCUT2D eigenvalue weighted by atomic mass is 10.1. The topological polar surface area (TPSA) is 101 Å². The molecule has 26 heavy (non-hydrogen) atoms. The predicted molar refractivity (Wildman–Crippen MR) is 101 cm³/mol. The van der Waals surface area contributed by atoms with Gasteiger partial charge in [0, 0.05) is 29.8 Å². The van der Waals surface area contributed by atoms with Crippen LogP contribution in [-0.4, -0.2) is 19.9 Å². The van der Waals surface area contributed by atoms with Crippen LogP contribution >= 0.6 is 11.8 Å². The van der Waals surface area contributed by atoms with Gasteiger partial charge in [-0.15, -0.1) is 5.10 Å². The molecule has 2 heterocycles. The highest BCUT2D eigenvalue weighted by Gasteiger charge is 2.13. The van der Waals surface area contributed by atoms with Crippen molar-refractivity contribution in [2.24, 2.45) is 0 Å². The van der Waals surface area contributed by atoms with Gasteiger partial charge in [-0.2, -0.15) is 0 Å². The van der Waals surface area contributed by atoms with Crippen LogP contribution in [0, 0.1) is 0 Å². The predicted octanol–water partition coefficient (Wildman–Crippen LogP) is 3.04. The Kier molecular flexibility index (Phi) is 5.51. The average Bonchev–Trinajstić information content (AvgIpc) is 2.96. The summed E-state index contributed by atoms with van der Waals surface area (Å²) in [6, 6.07) is 4.78. The maximum atomic E-state index is 11.9. The minimum Gasteiger partial charge on any atom is -0.508 e. The molecule has 0 bridgehead atoms. The summed E-state index contributed by atoms with van der Waals surface area (Å²) in [5, 5.41) is 17.9. The molecule has 0 atom stereocenters. The number of H-pyrrole nitrogens is 1. The van der Waals surface area contributed by atoms with Crippen LogP contribution in [0.4, 0.5) is 0 Å². The highest BCUT2D eigenvalue weighted by Crippen LogP contribution is 2.30. The molecule has 138 valence electrons. The Balaban J connectivity index is 1.94. The van der Waals surface area contributed by atoms with Crippen molar-refractivity contribution in [2.75, 3.05) is 0 Å². The second kappa shape index (κ2) is 7.82. The number of benzene rings is 1. The van der Waals surface area contributed by atoms with E-state index in [0.29, 0.717) is 29.5 Å². The van der Waals surface area contributed by atoms with Gasteiger partial charge in [-0.1, -0.05) is 32.0 Å². The number of phenols is 1. The molecule has 0 spiro atoms. The molecule has 2 N–H and O–H groups in total. The van der Waals surface area contributed by atoms with Crippen molar-refractivity contribution >= 4 is 22.7 Å². The van der Waals surface area contributed by atoms with Gasteiger partial charge in [0.25, 0.3) is 0 Å². The molecular weight excluding hydrogens is 354 g/mol. The number of unbranched alkanes of at least 4 members (excludes halogenated alkanes) is 1. The summed E-state index contributed by atoms with van der Waals surface area (Å²) in [7, 11) is 0. The van der Waals surface area contributed by atoms with Crippen LogP contribution in [-0.2, 0) is 18.7 Å². The van der Waals surface area contributed by atoms with Crippen LogP contribution in [0.25, 0.3) is 11.0 Å². The molecule has 0 saturated carbocycles. The van der Waals surface area contributed by atoms with Crippen LogP contribution in [0.2, 0.25) is 0 Å². The van der Waals surface area contributed by atoms with Gasteiger partial charge in [0.05, 0.1) is 0 Å². The number of aromatic nitrogens is 3. The zero-order chi connectivity index (χ0) is 18.7. The summed E-state index contributed by atoms with van der Waals surface area (Å²) in [5.41, 5.74) is 1.23. The minimum absolute atomic E-state index is 0.119. The second-order valence-electron chi connectivity index (χ2n) is 6.03. The van der Waals surface area contributed by atoms with Gasteiger partial charge < -0.3 is 9.52 Å². The quantitative estimate of drug-likeness (QED) is 0.486. The van der Waals surface area contributed by atoms with Crippen molar-refractivity contribution < 1.29 is 9.52 Å². The Morgan fingerprint density at radius 1 is 1.23 bits per heavy atom. The lowest BCUT2D eigenvalue weighted by Crippen LogP contribution is -2.17. The molecule has 0 aliphatic rings. The summed E-state index contributed by atoms with van der Waals surface area (Å²) in [6.07, 6.45) is 2.54. The van der Waals surface area contributed by atoms with Gasteiger partial charge in [-0.25, -0.2) is 14.7 Å². The summed E-state index contributed by atoms with van der Waals surface area (Å²) in [4.78, 5) is 23.7. The zero-order valence-corrected chi connectivity index (χ0v) is 15.6. The molecule has 3 rings (SSSR count). The van der Waals surface area contributed by atoms with Crippen molar-refractivity contribution in [3.63, 3.8) is 0 Å². The number of thioether (sulfide) groups is 1. The molecule has 1 aromatic carbocycles. The van der Waals surface area contributed by atoms with Crippen LogP contribution in [0.15, 0.2) is 37.4 Å². The Morgan fingerprint density at radius 2 is 2.04 bits per heavy atom. The molecule has 2 aromatic heterocycles. The Hall–Kier alpha value is -2.48. The van der Waals surface area contributed by atoms with E-state index in [1.54, 1.807) is 4.57 Å². The molecule has 0 fully saturated rings. The minimum atomic E-state index is -0.470. The van der Waals surface area contributed by atoms with Crippen LogP contribution in [0.5, 0.6) is 5.75 Å². The van der Waals surface area contributed by atoms with Crippen LogP contribution in [0.1, 0.15) is 37.8 Å². The van der Waals surface area contributed by atoms with E-state index in [9.17, 15) is 14.7 Å². The zero-order valence-electron chi connectivity index (χ0n) is 14.7. The van der Waals surface area contributed by atoms with Gasteiger partial charge in [0.1, 0.15) is 11.3 Å². The van der Waals surface area contributed by atoms with E-state index in [2.05, 4.69) is 17.1 Å². The van der Waals surface area contributed by atoms with E-state index >= 15 is 0 Å². The van der Waals surface area contributed by atoms with Crippen molar-refractivity contribution in [2.45, 2.75) is 50.6 Å². The summed E-state index contributed by atoms with van der Waals surface area (Å²) in [5.74, 6) is 0.584. The maximum absolute atomic E-state index is 11.9.